The summed E-state index contributed by atoms with van der Waals surface area (Å²) in [5, 5.41) is 0. The second kappa shape index (κ2) is 3.05. The second-order valence-electron chi connectivity index (χ2n) is 2.95. The first-order valence-electron chi connectivity index (χ1n) is 4.11. The zero-order valence-corrected chi connectivity index (χ0v) is 7.36. The van der Waals surface area contributed by atoms with Crippen LogP contribution in [0.5, 0.6) is 0 Å². The Bertz CT molecular complexity index is 365. The van der Waals surface area contributed by atoms with E-state index < -0.39 is 0 Å². The molecule has 68 valence electrons. The van der Waals surface area contributed by atoms with E-state index in [-0.39, 0.29) is 5.78 Å². The summed E-state index contributed by atoms with van der Waals surface area (Å²) in [7, 11) is 1.80. The average molecular weight is 178 g/mol. The fourth-order valence-corrected chi connectivity index (χ4v) is 1.28. The third-order valence-electron chi connectivity index (χ3n) is 2.03. The molecule has 2 heterocycles. The van der Waals surface area contributed by atoms with Crippen LogP contribution in [0.15, 0.2) is 24.2 Å². The highest BCUT2D eigenvalue weighted by molar-refractivity contribution is 6.06. The van der Waals surface area contributed by atoms with Gasteiger partial charge in [0.2, 0.25) is 5.78 Å². The smallest absolute Gasteiger partial charge is 0.227 e. The van der Waals surface area contributed by atoms with Crippen molar-refractivity contribution in [1.82, 2.24) is 9.55 Å². The summed E-state index contributed by atoms with van der Waals surface area (Å²) in [6.45, 7) is 0.603. The predicted octanol–water partition coefficient (Wildman–Crippen LogP) is 0.907. The maximum Gasteiger partial charge on any atom is 0.227 e. The maximum atomic E-state index is 11.7. The molecule has 0 radical (unpaired) electrons. The molecule has 0 N–H and O–H groups in total. The van der Waals surface area contributed by atoms with Crippen LogP contribution in [0.4, 0.5) is 0 Å². The third-order valence-corrected chi connectivity index (χ3v) is 2.03. The Labute approximate surface area is 75.8 Å². The number of aromatic nitrogens is 2. The minimum Gasteiger partial charge on any atom is -0.500 e. The van der Waals surface area contributed by atoms with Gasteiger partial charge in [-0.2, -0.15) is 0 Å². The number of hydrogen-bond acceptors (Lipinski definition) is 3. The number of ketones is 1. The van der Waals surface area contributed by atoms with Crippen molar-refractivity contribution in [3.05, 3.63) is 30.1 Å². The molecule has 13 heavy (non-hydrogen) atoms. The number of carbonyl (C=O) groups excluding carboxylic acids is 1. The van der Waals surface area contributed by atoms with Crippen LogP contribution in [0.3, 0.4) is 0 Å². The zero-order chi connectivity index (χ0) is 9.26. The van der Waals surface area contributed by atoms with Gasteiger partial charge in [-0.15, -0.1) is 0 Å². The molecule has 4 heteroatoms. The molecule has 0 amide bonds. The predicted molar refractivity (Wildman–Crippen MR) is 46.2 cm³/mol. The molecule has 1 aromatic rings. The van der Waals surface area contributed by atoms with Gasteiger partial charge in [-0.05, 0) is 0 Å². The molecule has 4 nitrogen and oxygen atoms in total. The van der Waals surface area contributed by atoms with Crippen molar-refractivity contribution in [2.75, 3.05) is 6.61 Å². The van der Waals surface area contributed by atoms with E-state index in [0.717, 1.165) is 0 Å². The maximum absolute atomic E-state index is 11.7. The molecule has 0 unspecified atom stereocenters. The number of Topliss-reactive ketones (excluding diaryl/α,β-unsaturated/α-hetero) is 1. The topological polar surface area (TPSA) is 44.1 Å². The quantitative estimate of drug-likeness (QED) is 0.632. The molecule has 1 aliphatic heterocycles. The lowest BCUT2D eigenvalue weighted by atomic mass is 10.1. The van der Waals surface area contributed by atoms with Crippen molar-refractivity contribution in [3.8, 4) is 0 Å². The average Bonchev–Trinajstić information content (AvgIpc) is 2.72. The molecule has 0 atom stereocenters. The Kier molecular flexibility index (Phi) is 1.88. The largest absolute Gasteiger partial charge is 0.500 e. The number of rotatable bonds is 2. The van der Waals surface area contributed by atoms with E-state index in [1.54, 1.807) is 24.0 Å². The summed E-state index contributed by atoms with van der Waals surface area (Å²) >= 11 is 0. The molecule has 0 saturated heterocycles. The molecule has 0 spiro atoms. The first kappa shape index (κ1) is 8.04. The Morgan fingerprint density at radius 2 is 2.54 bits per heavy atom. The van der Waals surface area contributed by atoms with E-state index in [1.807, 2.05) is 0 Å². The van der Waals surface area contributed by atoms with Gasteiger partial charge < -0.3 is 9.30 Å². The Morgan fingerprint density at radius 3 is 3.08 bits per heavy atom. The highest BCUT2D eigenvalue weighted by Crippen LogP contribution is 2.15. The van der Waals surface area contributed by atoms with Crippen molar-refractivity contribution in [2.24, 2.45) is 7.05 Å². The third kappa shape index (κ3) is 1.35. The van der Waals surface area contributed by atoms with Crippen LogP contribution in [0, 0.1) is 0 Å². The first-order valence-corrected chi connectivity index (χ1v) is 4.11. The standard InChI is InChI=1S/C9H10N2O2/c1-11-4-3-10-9(11)8(12)7-2-5-13-6-7/h3-4,6H,2,5H2,1H3. The van der Waals surface area contributed by atoms with E-state index in [9.17, 15) is 4.79 Å². The van der Waals surface area contributed by atoms with Crippen LogP contribution in [0.25, 0.3) is 0 Å². The van der Waals surface area contributed by atoms with Crippen LogP contribution < -0.4 is 0 Å². The van der Waals surface area contributed by atoms with Gasteiger partial charge >= 0.3 is 0 Å². The highest BCUT2D eigenvalue weighted by atomic mass is 16.5. The van der Waals surface area contributed by atoms with Crippen molar-refractivity contribution in [2.45, 2.75) is 6.42 Å². The summed E-state index contributed by atoms with van der Waals surface area (Å²) < 4.78 is 6.71. The van der Waals surface area contributed by atoms with E-state index in [2.05, 4.69) is 4.98 Å². The number of aryl methyl sites for hydroxylation is 1. The monoisotopic (exact) mass is 178 g/mol. The molecular formula is C9H10N2O2. The first-order chi connectivity index (χ1) is 6.29. The fraction of sp³-hybridized carbons (Fsp3) is 0.333. The molecule has 0 aliphatic carbocycles. The van der Waals surface area contributed by atoms with E-state index in [4.69, 9.17) is 4.74 Å². The van der Waals surface area contributed by atoms with Crippen LogP contribution in [-0.4, -0.2) is 21.9 Å². The van der Waals surface area contributed by atoms with Crippen molar-refractivity contribution < 1.29 is 9.53 Å². The van der Waals surface area contributed by atoms with Crippen LogP contribution in [0.1, 0.15) is 17.0 Å². The minimum absolute atomic E-state index is 0.0370. The van der Waals surface area contributed by atoms with Gasteiger partial charge in [0.05, 0.1) is 12.9 Å². The van der Waals surface area contributed by atoms with Gasteiger partial charge in [-0.25, -0.2) is 4.98 Å². The molecule has 2 rings (SSSR count). The number of imidazole rings is 1. The summed E-state index contributed by atoms with van der Waals surface area (Å²) in [6, 6.07) is 0. The molecule has 0 aromatic carbocycles. The molecule has 0 fully saturated rings. The van der Waals surface area contributed by atoms with Gasteiger partial charge in [0, 0.05) is 31.4 Å². The zero-order valence-electron chi connectivity index (χ0n) is 7.36. The van der Waals surface area contributed by atoms with Gasteiger partial charge in [-0.3, -0.25) is 4.79 Å². The summed E-state index contributed by atoms with van der Waals surface area (Å²) in [5.41, 5.74) is 0.703. The Morgan fingerprint density at radius 1 is 1.69 bits per heavy atom. The van der Waals surface area contributed by atoms with Crippen molar-refractivity contribution >= 4 is 5.78 Å². The molecule has 1 aliphatic rings. The Balaban J connectivity index is 2.27. The van der Waals surface area contributed by atoms with E-state index in [0.29, 0.717) is 24.4 Å². The van der Waals surface area contributed by atoms with Gasteiger partial charge in [0.1, 0.15) is 0 Å². The molecule has 0 saturated carbocycles. The lowest BCUT2D eigenvalue weighted by Gasteiger charge is -1.98. The number of carbonyl (C=O) groups is 1. The molecular weight excluding hydrogens is 168 g/mol. The highest BCUT2D eigenvalue weighted by Gasteiger charge is 2.19. The van der Waals surface area contributed by atoms with Gasteiger partial charge in [0.25, 0.3) is 0 Å². The SMILES string of the molecule is Cn1ccnc1C(=O)C1=COCC1. The Hall–Kier alpha value is -1.58. The van der Waals surface area contributed by atoms with Crippen LogP contribution >= 0.6 is 0 Å². The van der Waals surface area contributed by atoms with E-state index >= 15 is 0 Å². The van der Waals surface area contributed by atoms with Crippen LogP contribution in [-0.2, 0) is 11.8 Å². The van der Waals surface area contributed by atoms with Gasteiger partial charge in [-0.1, -0.05) is 0 Å². The van der Waals surface area contributed by atoms with Gasteiger partial charge in [0.15, 0.2) is 5.82 Å². The lowest BCUT2D eigenvalue weighted by Crippen LogP contribution is -2.09. The van der Waals surface area contributed by atoms with Crippen molar-refractivity contribution in [3.63, 3.8) is 0 Å². The summed E-state index contributed by atoms with van der Waals surface area (Å²) in [5.74, 6) is 0.432. The lowest BCUT2D eigenvalue weighted by molar-refractivity contribution is 0.102. The normalized spacial score (nSPS) is 15.3. The minimum atomic E-state index is -0.0370. The van der Waals surface area contributed by atoms with Crippen molar-refractivity contribution in [1.29, 1.82) is 0 Å². The van der Waals surface area contributed by atoms with Crippen LogP contribution in [0.2, 0.25) is 0 Å². The molecule has 0 bridgehead atoms. The number of nitrogens with zero attached hydrogens (tertiary/aromatic N) is 2. The number of hydrogen-bond donors (Lipinski definition) is 0. The number of ether oxygens (including phenoxy) is 1. The van der Waals surface area contributed by atoms with E-state index in [1.165, 1.54) is 6.26 Å². The summed E-state index contributed by atoms with van der Waals surface area (Å²) in [4.78, 5) is 15.7. The molecule has 1 aromatic heterocycles. The second-order valence-corrected chi connectivity index (χ2v) is 2.95. The fourth-order valence-electron chi connectivity index (χ4n) is 1.28. The summed E-state index contributed by atoms with van der Waals surface area (Å²) in [6.07, 6.45) is 5.58.